The van der Waals surface area contributed by atoms with Crippen molar-refractivity contribution in [2.75, 3.05) is 19.6 Å². The Labute approximate surface area is 124 Å². The molecule has 2 atom stereocenters. The summed E-state index contributed by atoms with van der Waals surface area (Å²) in [4.78, 5) is 2.53. The van der Waals surface area contributed by atoms with E-state index in [0.717, 1.165) is 18.9 Å². The molecule has 112 valence electrons. The maximum Gasteiger partial charge on any atom is 0.0424 e. The first-order valence-electron chi connectivity index (χ1n) is 8.15. The summed E-state index contributed by atoms with van der Waals surface area (Å²) < 4.78 is 0. The van der Waals surface area contributed by atoms with Gasteiger partial charge in [0.2, 0.25) is 0 Å². The van der Waals surface area contributed by atoms with Crippen LogP contribution in [0.4, 0.5) is 0 Å². The Kier molecular flexibility index (Phi) is 5.62. The highest BCUT2D eigenvalue weighted by Gasteiger charge is 2.22. The van der Waals surface area contributed by atoms with E-state index in [4.69, 9.17) is 5.73 Å². The third-order valence-corrected chi connectivity index (χ3v) is 4.45. The number of nitrogens with two attached hydrogens (primary N) is 1. The van der Waals surface area contributed by atoms with Crippen LogP contribution in [0.5, 0.6) is 0 Å². The molecule has 0 amide bonds. The average molecular weight is 274 g/mol. The summed E-state index contributed by atoms with van der Waals surface area (Å²) in [6.07, 6.45) is 3.80. The van der Waals surface area contributed by atoms with Crippen LogP contribution in [0.25, 0.3) is 0 Å². The number of nitrogens with zero attached hydrogens (tertiary/aromatic N) is 1. The van der Waals surface area contributed by atoms with E-state index in [-0.39, 0.29) is 6.04 Å². The highest BCUT2D eigenvalue weighted by molar-refractivity contribution is 5.25. The molecular weight excluding hydrogens is 244 g/mol. The molecular formula is C18H30N2. The van der Waals surface area contributed by atoms with Crippen LogP contribution in [0.3, 0.4) is 0 Å². The first kappa shape index (κ1) is 15.5. The van der Waals surface area contributed by atoms with Crippen LogP contribution < -0.4 is 5.73 Å². The zero-order chi connectivity index (χ0) is 14.5. The van der Waals surface area contributed by atoms with Gasteiger partial charge in [0, 0.05) is 19.1 Å². The summed E-state index contributed by atoms with van der Waals surface area (Å²) in [6, 6.07) is 9.08. The van der Waals surface area contributed by atoms with Gasteiger partial charge in [-0.3, -0.25) is 0 Å². The normalized spacial score (nSPS) is 21.6. The molecule has 2 nitrogen and oxygen atoms in total. The minimum atomic E-state index is 0.152. The summed E-state index contributed by atoms with van der Waals surface area (Å²) in [5.74, 6) is 1.60. The minimum Gasteiger partial charge on any atom is -0.323 e. The third kappa shape index (κ3) is 4.32. The van der Waals surface area contributed by atoms with Crippen LogP contribution in [0.15, 0.2) is 24.3 Å². The van der Waals surface area contributed by atoms with Crippen molar-refractivity contribution in [1.29, 1.82) is 0 Å². The molecule has 1 aromatic rings. The molecule has 20 heavy (non-hydrogen) atoms. The van der Waals surface area contributed by atoms with Crippen molar-refractivity contribution in [3.63, 3.8) is 0 Å². The fourth-order valence-electron chi connectivity index (χ4n) is 3.17. The fraction of sp³-hybridized carbons (Fsp3) is 0.667. The van der Waals surface area contributed by atoms with Crippen LogP contribution in [0.1, 0.15) is 50.8 Å². The molecule has 1 aliphatic heterocycles. The maximum absolute atomic E-state index is 6.37. The SMILES string of the molecule is CCC1CCN(CC(N)c2ccc(CC(C)C)cc2)C1. The molecule has 1 aromatic carbocycles. The minimum absolute atomic E-state index is 0.152. The molecule has 0 bridgehead atoms. The van der Waals surface area contributed by atoms with E-state index in [9.17, 15) is 0 Å². The Morgan fingerprint density at radius 2 is 1.95 bits per heavy atom. The number of hydrogen-bond donors (Lipinski definition) is 1. The van der Waals surface area contributed by atoms with Crippen molar-refractivity contribution in [2.45, 2.75) is 46.1 Å². The molecule has 0 saturated carbocycles. The quantitative estimate of drug-likeness (QED) is 0.858. The van der Waals surface area contributed by atoms with Gasteiger partial charge in [-0.15, -0.1) is 0 Å². The second kappa shape index (κ2) is 7.24. The molecule has 0 spiro atoms. The van der Waals surface area contributed by atoms with Gasteiger partial charge in [-0.05, 0) is 42.3 Å². The van der Waals surface area contributed by atoms with Crippen molar-refractivity contribution < 1.29 is 0 Å². The Hall–Kier alpha value is -0.860. The first-order valence-corrected chi connectivity index (χ1v) is 8.15. The zero-order valence-electron chi connectivity index (χ0n) is 13.3. The van der Waals surface area contributed by atoms with E-state index in [1.165, 1.54) is 37.1 Å². The van der Waals surface area contributed by atoms with Crippen LogP contribution in [0.2, 0.25) is 0 Å². The predicted molar refractivity (Wildman–Crippen MR) is 86.8 cm³/mol. The topological polar surface area (TPSA) is 29.3 Å². The van der Waals surface area contributed by atoms with Gasteiger partial charge in [0.1, 0.15) is 0 Å². The molecule has 1 fully saturated rings. The molecule has 2 rings (SSSR count). The summed E-state index contributed by atoms with van der Waals surface area (Å²) >= 11 is 0. The number of likely N-dealkylation sites (tertiary alicyclic amines) is 1. The third-order valence-electron chi connectivity index (χ3n) is 4.45. The molecule has 1 heterocycles. The molecule has 2 N–H and O–H groups in total. The molecule has 0 aromatic heterocycles. The number of rotatable bonds is 6. The summed E-state index contributed by atoms with van der Waals surface area (Å²) in [6.45, 7) is 10.3. The second-order valence-corrected chi connectivity index (χ2v) is 6.77. The van der Waals surface area contributed by atoms with Crippen molar-refractivity contribution in [1.82, 2.24) is 4.90 Å². The van der Waals surface area contributed by atoms with Gasteiger partial charge in [-0.2, -0.15) is 0 Å². The van der Waals surface area contributed by atoms with Gasteiger partial charge in [-0.25, -0.2) is 0 Å². The summed E-state index contributed by atoms with van der Waals surface area (Å²) in [5, 5.41) is 0. The zero-order valence-corrected chi connectivity index (χ0v) is 13.3. The van der Waals surface area contributed by atoms with E-state index in [1.54, 1.807) is 0 Å². The van der Waals surface area contributed by atoms with Crippen LogP contribution in [0, 0.1) is 11.8 Å². The molecule has 2 unspecified atom stereocenters. The van der Waals surface area contributed by atoms with Crippen LogP contribution in [-0.4, -0.2) is 24.5 Å². The van der Waals surface area contributed by atoms with Gasteiger partial charge in [0.25, 0.3) is 0 Å². The van der Waals surface area contributed by atoms with Gasteiger partial charge >= 0.3 is 0 Å². The van der Waals surface area contributed by atoms with Crippen LogP contribution >= 0.6 is 0 Å². The molecule has 0 radical (unpaired) electrons. The number of benzene rings is 1. The molecule has 1 aliphatic rings. The highest BCUT2D eigenvalue weighted by atomic mass is 15.2. The van der Waals surface area contributed by atoms with Crippen LogP contribution in [-0.2, 0) is 6.42 Å². The van der Waals surface area contributed by atoms with Gasteiger partial charge in [0.05, 0.1) is 0 Å². The Morgan fingerprint density at radius 1 is 1.25 bits per heavy atom. The maximum atomic E-state index is 6.37. The number of hydrogen-bond acceptors (Lipinski definition) is 2. The standard InChI is InChI=1S/C18H30N2/c1-4-15-9-10-20(12-15)13-18(19)17-7-5-16(6-8-17)11-14(2)3/h5-8,14-15,18H,4,9-13,19H2,1-3H3. The fourth-order valence-corrected chi connectivity index (χ4v) is 3.17. The summed E-state index contributed by atoms with van der Waals surface area (Å²) in [5.41, 5.74) is 9.07. The van der Waals surface area contributed by atoms with E-state index in [1.807, 2.05) is 0 Å². The van der Waals surface area contributed by atoms with Gasteiger partial charge in [-0.1, -0.05) is 51.5 Å². The average Bonchev–Trinajstić information content (AvgIpc) is 2.86. The second-order valence-electron chi connectivity index (χ2n) is 6.77. The lowest BCUT2D eigenvalue weighted by Crippen LogP contribution is -2.30. The first-order chi connectivity index (χ1) is 9.58. The monoisotopic (exact) mass is 274 g/mol. The van der Waals surface area contributed by atoms with E-state index < -0.39 is 0 Å². The summed E-state index contributed by atoms with van der Waals surface area (Å²) in [7, 11) is 0. The lowest BCUT2D eigenvalue weighted by molar-refractivity contribution is 0.302. The van der Waals surface area contributed by atoms with E-state index in [0.29, 0.717) is 5.92 Å². The Morgan fingerprint density at radius 3 is 2.50 bits per heavy atom. The van der Waals surface area contributed by atoms with Crippen molar-refractivity contribution >= 4 is 0 Å². The van der Waals surface area contributed by atoms with E-state index in [2.05, 4.69) is 49.9 Å². The lowest BCUT2D eigenvalue weighted by atomic mass is 9.99. The largest absolute Gasteiger partial charge is 0.323 e. The molecule has 2 heteroatoms. The van der Waals surface area contributed by atoms with Crippen molar-refractivity contribution in [2.24, 2.45) is 17.6 Å². The lowest BCUT2D eigenvalue weighted by Gasteiger charge is -2.21. The van der Waals surface area contributed by atoms with Crippen molar-refractivity contribution in [3.8, 4) is 0 Å². The highest BCUT2D eigenvalue weighted by Crippen LogP contribution is 2.22. The van der Waals surface area contributed by atoms with Gasteiger partial charge < -0.3 is 10.6 Å². The molecule has 1 saturated heterocycles. The Bertz CT molecular complexity index is 396. The van der Waals surface area contributed by atoms with Crippen molar-refractivity contribution in [3.05, 3.63) is 35.4 Å². The predicted octanol–water partition coefficient (Wildman–Crippen LogP) is 3.62. The Balaban J connectivity index is 1.87. The van der Waals surface area contributed by atoms with E-state index >= 15 is 0 Å². The smallest absolute Gasteiger partial charge is 0.0424 e. The van der Waals surface area contributed by atoms with Gasteiger partial charge in [0.15, 0.2) is 0 Å². The molecule has 0 aliphatic carbocycles.